The highest BCUT2D eigenvalue weighted by molar-refractivity contribution is 5.95. The lowest BCUT2D eigenvalue weighted by molar-refractivity contribution is 0.0937. The summed E-state index contributed by atoms with van der Waals surface area (Å²) in [5, 5.41) is 2.87. The van der Waals surface area contributed by atoms with Crippen LogP contribution in [0.1, 0.15) is 35.2 Å². The second kappa shape index (κ2) is 4.98. The maximum absolute atomic E-state index is 11.8. The van der Waals surface area contributed by atoms with Gasteiger partial charge < -0.3 is 15.5 Å². The van der Waals surface area contributed by atoms with Gasteiger partial charge in [-0.2, -0.15) is 0 Å². The van der Waals surface area contributed by atoms with Crippen molar-refractivity contribution in [1.29, 1.82) is 0 Å². The standard InChI is InChI=1S/C11H18N2O2/c1-7(4-5-12)13-11(14)10-6-8(2)15-9(10)3/h6-7H,4-5,12H2,1-3H3,(H,13,14). The zero-order valence-corrected chi connectivity index (χ0v) is 9.46. The molecular weight excluding hydrogens is 192 g/mol. The zero-order chi connectivity index (χ0) is 11.4. The molecule has 0 bridgehead atoms. The summed E-state index contributed by atoms with van der Waals surface area (Å²) in [5.74, 6) is 1.32. The van der Waals surface area contributed by atoms with Crippen LogP contribution in [-0.2, 0) is 0 Å². The number of nitrogens with one attached hydrogen (secondary N) is 1. The summed E-state index contributed by atoms with van der Waals surface area (Å²) in [7, 11) is 0. The van der Waals surface area contributed by atoms with Gasteiger partial charge in [0.15, 0.2) is 0 Å². The molecular formula is C11H18N2O2. The third-order valence-corrected chi connectivity index (χ3v) is 2.26. The topological polar surface area (TPSA) is 68.3 Å². The van der Waals surface area contributed by atoms with Crippen molar-refractivity contribution < 1.29 is 9.21 Å². The second-order valence-electron chi connectivity index (χ2n) is 3.78. The van der Waals surface area contributed by atoms with E-state index in [1.165, 1.54) is 0 Å². The summed E-state index contributed by atoms with van der Waals surface area (Å²) in [6.45, 7) is 6.13. The van der Waals surface area contributed by atoms with E-state index in [0.717, 1.165) is 12.2 Å². The number of hydrogen-bond donors (Lipinski definition) is 2. The Labute approximate surface area is 89.8 Å². The van der Waals surface area contributed by atoms with Gasteiger partial charge in [0, 0.05) is 6.04 Å². The summed E-state index contributed by atoms with van der Waals surface area (Å²) in [6, 6.07) is 1.84. The fourth-order valence-electron chi connectivity index (χ4n) is 1.48. The average Bonchev–Trinajstić information content (AvgIpc) is 2.45. The number of rotatable bonds is 4. The molecule has 1 aromatic rings. The highest BCUT2D eigenvalue weighted by Gasteiger charge is 2.14. The predicted octanol–water partition coefficient (Wildman–Crippen LogP) is 1.36. The van der Waals surface area contributed by atoms with Crippen molar-refractivity contribution in [3.05, 3.63) is 23.2 Å². The molecule has 15 heavy (non-hydrogen) atoms. The third-order valence-electron chi connectivity index (χ3n) is 2.26. The average molecular weight is 210 g/mol. The number of carbonyl (C=O) groups is 1. The molecule has 1 rings (SSSR count). The highest BCUT2D eigenvalue weighted by atomic mass is 16.3. The first-order valence-corrected chi connectivity index (χ1v) is 5.12. The van der Waals surface area contributed by atoms with Gasteiger partial charge in [0.1, 0.15) is 11.5 Å². The Morgan fingerprint density at radius 1 is 1.60 bits per heavy atom. The SMILES string of the molecule is Cc1cc(C(=O)NC(C)CCN)c(C)o1. The van der Waals surface area contributed by atoms with E-state index in [1.54, 1.807) is 13.0 Å². The number of aryl methyl sites for hydroxylation is 2. The van der Waals surface area contributed by atoms with Gasteiger partial charge in [-0.1, -0.05) is 0 Å². The first-order valence-electron chi connectivity index (χ1n) is 5.12. The molecule has 0 fully saturated rings. The predicted molar refractivity (Wildman–Crippen MR) is 58.8 cm³/mol. The molecule has 1 unspecified atom stereocenters. The lowest BCUT2D eigenvalue weighted by Gasteiger charge is -2.11. The van der Waals surface area contributed by atoms with E-state index >= 15 is 0 Å². The number of furan rings is 1. The summed E-state index contributed by atoms with van der Waals surface area (Å²) in [5.41, 5.74) is 6.02. The first-order chi connectivity index (χ1) is 7.04. The Morgan fingerprint density at radius 3 is 2.73 bits per heavy atom. The summed E-state index contributed by atoms with van der Waals surface area (Å²) < 4.78 is 5.29. The molecule has 4 nitrogen and oxygen atoms in total. The largest absolute Gasteiger partial charge is 0.466 e. The van der Waals surface area contributed by atoms with Crippen molar-refractivity contribution in [3.8, 4) is 0 Å². The van der Waals surface area contributed by atoms with Gasteiger partial charge in [-0.05, 0) is 39.8 Å². The smallest absolute Gasteiger partial charge is 0.255 e. The van der Waals surface area contributed by atoms with E-state index in [1.807, 2.05) is 13.8 Å². The minimum absolute atomic E-state index is 0.0923. The van der Waals surface area contributed by atoms with Crippen molar-refractivity contribution in [2.45, 2.75) is 33.2 Å². The molecule has 0 radical (unpaired) electrons. The van der Waals surface area contributed by atoms with E-state index in [-0.39, 0.29) is 11.9 Å². The van der Waals surface area contributed by atoms with Crippen LogP contribution in [0, 0.1) is 13.8 Å². The minimum Gasteiger partial charge on any atom is -0.466 e. The van der Waals surface area contributed by atoms with Crippen molar-refractivity contribution in [2.24, 2.45) is 5.73 Å². The van der Waals surface area contributed by atoms with Crippen LogP contribution in [0.3, 0.4) is 0 Å². The molecule has 84 valence electrons. The van der Waals surface area contributed by atoms with Crippen molar-refractivity contribution in [3.63, 3.8) is 0 Å². The van der Waals surface area contributed by atoms with Crippen LogP contribution < -0.4 is 11.1 Å². The molecule has 0 aliphatic heterocycles. The van der Waals surface area contributed by atoms with Gasteiger partial charge in [-0.3, -0.25) is 4.79 Å². The number of hydrogen-bond acceptors (Lipinski definition) is 3. The molecule has 1 aromatic heterocycles. The molecule has 1 amide bonds. The Bertz CT molecular complexity index is 344. The fourth-order valence-corrected chi connectivity index (χ4v) is 1.48. The Balaban J connectivity index is 2.65. The summed E-state index contributed by atoms with van der Waals surface area (Å²) >= 11 is 0. The maximum atomic E-state index is 11.8. The Morgan fingerprint density at radius 2 is 2.27 bits per heavy atom. The van der Waals surface area contributed by atoms with E-state index in [4.69, 9.17) is 10.2 Å². The van der Waals surface area contributed by atoms with Crippen LogP contribution in [0.4, 0.5) is 0 Å². The Hall–Kier alpha value is -1.29. The molecule has 0 aromatic carbocycles. The monoisotopic (exact) mass is 210 g/mol. The number of carbonyl (C=O) groups excluding carboxylic acids is 1. The van der Waals surface area contributed by atoms with Crippen molar-refractivity contribution in [2.75, 3.05) is 6.54 Å². The van der Waals surface area contributed by atoms with Gasteiger partial charge in [0.25, 0.3) is 5.91 Å². The Kier molecular flexibility index (Phi) is 3.91. The van der Waals surface area contributed by atoms with Crippen LogP contribution >= 0.6 is 0 Å². The van der Waals surface area contributed by atoms with Crippen LogP contribution in [0.15, 0.2) is 10.5 Å². The number of nitrogens with two attached hydrogens (primary N) is 1. The zero-order valence-electron chi connectivity index (χ0n) is 9.46. The van der Waals surface area contributed by atoms with Crippen LogP contribution in [0.5, 0.6) is 0 Å². The lowest BCUT2D eigenvalue weighted by Crippen LogP contribution is -2.34. The van der Waals surface area contributed by atoms with E-state index in [0.29, 0.717) is 17.9 Å². The number of amides is 1. The molecule has 0 aliphatic carbocycles. The van der Waals surface area contributed by atoms with Crippen molar-refractivity contribution in [1.82, 2.24) is 5.32 Å². The van der Waals surface area contributed by atoms with E-state index in [9.17, 15) is 4.79 Å². The summed E-state index contributed by atoms with van der Waals surface area (Å²) in [4.78, 5) is 11.8. The molecule has 0 saturated carbocycles. The normalized spacial score (nSPS) is 12.5. The fraction of sp³-hybridized carbons (Fsp3) is 0.545. The van der Waals surface area contributed by atoms with E-state index < -0.39 is 0 Å². The van der Waals surface area contributed by atoms with Gasteiger partial charge in [0.2, 0.25) is 0 Å². The first kappa shape index (κ1) is 11.8. The highest BCUT2D eigenvalue weighted by Crippen LogP contribution is 2.13. The quantitative estimate of drug-likeness (QED) is 0.788. The molecule has 0 spiro atoms. The van der Waals surface area contributed by atoms with Gasteiger partial charge >= 0.3 is 0 Å². The van der Waals surface area contributed by atoms with Gasteiger partial charge in [-0.15, -0.1) is 0 Å². The van der Waals surface area contributed by atoms with E-state index in [2.05, 4.69) is 5.32 Å². The van der Waals surface area contributed by atoms with Crippen LogP contribution in [-0.4, -0.2) is 18.5 Å². The second-order valence-corrected chi connectivity index (χ2v) is 3.78. The molecule has 3 N–H and O–H groups in total. The molecule has 0 saturated heterocycles. The molecule has 4 heteroatoms. The lowest BCUT2D eigenvalue weighted by atomic mass is 10.2. The molecule has 0 aliphatic rings. The van der Waals surface area contributed by atoms with Crippen LogP contribution in [0.2, 0.25) is 0 Å². The maximum Gasteiger partial charge on any atom is 0.255 e. The van der Waals surface area contributed by atoms with Gasteiger partial charge in [0.05, 0.1) is 5.56 Å². The third kappa shape index (κ3) is 3.09. The van der Waals surface area contributed by atoms with Gasteiger partial charge in [-0.25, -0.2) is 0 Å². The summed E-state index contributed by atoms with van der Waals surface area (Å²) in [6.07, 6.45) is 0.779. The molecule has 1 heterocycles. The minimum atomic E-state index is -0.0923. The molecule has 1 atom stereocenters. The van der Waals surface area contributed by atoms with Crippen LogP contribution in [0.25, 0.3) is 0 Å². The van der Waals surface area contributed by atoms with Crippen molar-refractivity contribution >= 4 is 5.91 Å².